The number of nitrogens with zero attached hydrogens (tertiary/aromatic N) is 6. The summed E-state index contributed by atoms with van der Waals surface area (Å²) in [4.78, 5) is 41.5. The van der Waals surface area contributed by atoms with Crippen LogP contribution in [0.2, 0.25) is 5.02 Å². The maximum absolute atomic E-state index is 17.6. The molecule has 60 heavy (non-hydrogen) atoms. The third-order valence-corrected chi connectivity index (χ3v) is 12.9. The van der Waals surface area contributed by atoms with E-state index in [0.29, 0.717) is 44.9 Å². The molecule has 6 heterocycles. The van der Waals surface area contributed by atoms with Crippen LogP contribution >= 0.6 is 22.9 Å². The number of hydrogen-bond donors (Lipinski definition) is 1. The van der Waals surface area contributed by atoms with Crippen LogP contribution in [0.15, 0.2) is 18.2 Å². The van der Waals surface area contributed by atoms with Crippen LogP contribution in [0.5, 0.6) is 6.01 Å². The van der Waals surface area contributed by atoms with Crippen molar-refractivity contribution in [2.75, 3.05) is 62.8 Å². The van der Waals surface area contributed by atoms with Crippen LogP contribution in [0.1, 0.15) is 72.8 Å². The quantitative estimate of drug-likeness (QED) is 0.199. The second-order valence-electron chi connectivity index (χ2n) is 18.1. The van der Waals surface area contributed by atoms with E-state index in [9.17, 15) is 19.2 Å². The highest BCUT2D eigenvalue weighted by Crippen LogP contribution is 2.48. The molecule has 0 aliphatic carbocycles. The van der Waals surface area contributed by atoms with Gasteiger partial charge in [-0.2, -0.15) is 15.2 Å². The predicted octanol–water partition coefficient (Wildman–Crippen LogP) is 8.83. The van der Waals surface area contributed by atoms with Gasteiger partial charge in [0, 0.05) is 48.9 Å². The minimum atomic E-state index is -1.00. The van der Waals surface area contributed by atoms with Crippen molar-refractivity contribution in [1.29, 1.82) is 5.26 Å². The van der Waals surface area contributed by atoms with Gasteiger partial charge in [-0.05, 0) is 85.0 Å². The molecule has 8 rings (SSSR count). The molecular weight excluding hydrogens is 823 g/mol. The number of rotatable bonds is 6. The summed E-state index contributed by atoms with van der Waals surface area (Å²) in [6.07, 6.45) is 0.0764. The molecule has 4 aliphatic heterocycles. The molecule has 2 aromatic carbocycles. The van der Waals surface area contributed by atoms with Crippen LogP contribution in [0, 0.1) is 23.0 Å². The molecule has 320 valence electrons. The lowest BCUT2D eigenvalue weighted by Crippen LogP contribution is -2.61. The monoisotopic (exact) mass is 869 g/mol. The third kappa shape index (κ3) is 7.76. The minimum Gasteiger partial charge on any atom is -0.461 e. The van der Waals surface area contributed by atoms with Gasteiger partial charge in [0.25, 0.3) is 0 Å². The Morgan fingerprint density at radius 2 is 1.87 bits per heavy atom. The van der Waals surface area contributed by atoms with Crippen molar-refractivity contribution in [2.45, 2.75) is 95.7 Å². The lowest BCUT2D eigenvalue weighted by Gasteiger charge is -2.44. The van der Waals surface area contributed by atoms with Gasteiger partial charge < -0.3 is 23.8 Å². The Kier molecular flexibility index (Phi) is 10.8. The van der Waals surface area contributed by atoms with Gasteiger partial charge in [-0.15, -0.1) is 11.3 Å². The Morgan fingerprint density at radius 3 is 2.60 bits per heavy atom. The fraction of sp³-hybridized carbons (Fsp3) is 0.548. The predicted molar refractivity (Wildman–Crippen MR) is 222 cm³/mol. The molecule has 4 saturated heterocycles. The van der Waals surface area contributed by atoms with E-state index < -0.39 is 52.3 Å². The number of nitriles is 1. The molecule has 1 spiro atoms. The number of morpholine rings is 1. The van der Waals surface area contributed by atoms with Crippen LogP contribution < -0.4 is 15.0 Å². The van der Waals surface area contributed by atoms with Crippen LogP contribution in [0.4, 0.5) is 33.6 Å². The van der Waals surface area contributed by atoms with Crippen molar-refractivity contribution in [3.63, 3.8) is 0 Å². The number of benzene rings is 2. The first kappa shape index (κ1) is 42.1. The number of carbonyl (C=O) groups excluding carboxylic acids is 2. The first-order valence-corrected chi connectivity index (χ1v) is 21.2. The van der Waals surface area contributed by atoms with Crippen LogP contribution in [-0.4, -0.2) is 113 Å². The zero-order valence-electron chi connectivity index (χ0n) is 34.3. The fourth-order valence-corrected chi connectivity index (χ4v) is 10.4. The van der Waals surface area contributed by atoms with Crippen LogP contribution in [-0.2, 0) is 14.2 Å². The van der Waals surface area contributed by atoms with Gasteiger partial charge >= 0.3 is 18.2 Å². The number of fused-ring (bicyclic) bond motifs is 3. The number of hydrogen-bond acceptors (Lipinski definition) is 12. The molecule has 0 bridgehead atoms. The highest BCUT2D eigenvalue weighted by Gasteiger charge is 2.51. The Bertz CT molecular complexity index is 2440. The average molecular weight is 870 g/mol. The van der Waals surface area contributed by atoms with Gasteiger partial charge in [0.1, 0.15) is 52.2 Å². The summed E-state index contributed by atoms with van der Waals surface area (Å²) >= 11 is 7.82. The lowest BCUT2D eigenvalue weighted by molar-refractivity contribution is -0.0671. The Morgan fingerprint density at radius 1 is 1.10 bits per heavy atom. The lowest BCUT2D eigenvalue weighted by atomic mass is 9.95. The summed E-state index contributed by atoms with van der Waals surface area (Å²) in [6.45, 7) is 13.1. The SMILES string of the molecule is CC(C)(C)OC(=O)Nc1sc2c(F)ccc(-c3c(Cl)cc4c(N5CCC6(COCCN6C(=O)OC(C)(C)C)C5)nc(OC[C@@]56CCCN5C[C@H](F)C6)nc4c3F)c2c1C#N. The van der Waals surface area contributed by atoms with Gasteiger partial charge in [-0.25, -0.2) is 22.8 Å². The second kappa shape index (κ2) is 15.4. The van der Waals surface area contributed by atoms with E-state index in [2.05, 4.69) is 15.2 Å². The molecule has 4 aliphatic rings. The molecule has 13 nitrogen and oxygen atoms in total. The summed E-state index contributed by atoms with van der Waals surface area (Å²) in [5, 5.41) is 13.1. The molecule has 18 heteroatoms. The topological polar surface area (TPSA) is 142 Å². The Hall–Kier alpha value is -4.63. The zero-order valence-corrected chi connectivity index (χ0v) is 35.9. The van der Waals surface area contributed by atoms with Crippen LogP contribution in [0.25, 0.3) is 32.1 Å². The maximum Gasteiger partial charge on any atom is 0.412 e. The second-order valence-corrected chi connectivity index (χ2v) is 19.5. The first-order valence-electron chi connectivity index (χ1n) is 20.0. The van der Waals surface area contributed by atoms with E-state index in [1.54, 1.807) is 46.4 Å². The molecule has 1 N–H and O–H groups in total. The summed E-state index contributed by atoms with van der Waals surface area (Å²) in [5.41, 5.74) is -3.25. The summed E-state index contributed by atoms with van der Waals surface area (Å²) in [6, 6.07) is 5.91. The largest absolute Gasteiger partial charge is 0.461 e. The number of carbonyl (C=O) groups is 2. The molecule has 4 fully saturated rings. The highest BCUT2D eigenvalue weighted by molar-refractivity contribution is 7.23. The van der Waals surface area contributed by atoms with E-state index in [1.165, 1.54) is 12.1 Å². The molecule has 0 saturated carbocycles. The maximum atomic E-state index is 17.6. The number of thiophene rings is 1. The number of ether oxygens (including phenoxy) is 4. The number of aromatic nitrogens is 2. The van der Waals surface area contributed by atoms with Crippen LogP contribution in [0.3, 0.4) is 0 Å². The standard InChI is InChI=1S/C42H47ClF3N7O6S/c1-39(2,3)58-37(54)50-35-26(18-47)29-24(8-9-28(45)33(29)60-35)30-27(43)16-25-32(31(30)46)48-36(57-22-41-10-7-12-52(41)19-23(44)17-41)49-34(25)51-13-11-42(20-51)21-56-15-14-53(42)38(55)59-40(4,5)6/h8-9,16,23H,7,10-15,17,19-22H2,1-6H3,(H,50,54)/t23-,41+,42?/m1/s1. The molecule has 3 atom stereocenters. The number of amides is 2. The fourth-order valence-electron chi connectivity index (χ4n) is 9.04. The molecule has 1 unspecified atom stereocenters. The van der Waals surface area contributed by atoms with E-state index in [4.69, 9.17) is 35.5 Å². The van der Waals surface area contributed by atoms with Crippen molar-refractivity contribution in [2.24, 2.45) is 0 Å². The number of alkyl halides is 1. The van der Waals surface area contributed by atoms with Crippen molar-refractivity contribution in [3.05, 3.63) is 40.4 Å². The van der Waals surface area contributed by atoms with E-state index in [-0.39, 0.29) is 73.5 Å². The van der Waals surface area contributed by atoms with Crippen molar-refractivity contribution >= 4 is 66.9 Å². The molecule has 0 radical (unpaired) electrons. The van der Waals surface area contributed by atoms with Gasteiger partial charge in [0.15, 0.2) is 5.82 Å². The summed E-state index contributed by atoms with van der Waals surface area (Å²) < 4.78 is 71.2. The molecular formula is C42H47ClF3N7O6S. The summed E-state index contributed by atoms with van der Waals surface area (Å²) in [5.74, 6) is -1.28. The number of anilines is 2. The molecule has 2 amide bonds. The van der Waals surface area contributed by atoms with Gasteiger partial charge in [-0.1, -0.05) is 17.7 Å². The Balaban J connectivity index is 1.24. The third-order valence-electron chi connectivity index (χ3n) is 11.5. The number of nitrogens with one attached hydrogen (secondary N) is 1. The smallest absolute Gasteiger partial charge is 0.412 e. The van der Waals surface area contributed by atoms with E-state index in [1.807, 2.05) is 11.0 Å². The van der Waals surface area contributed by atoms with Crippen molar-refractivity contribution < 1.29 is 41.7 Å². The molecule has 4 aromatic rings. The van der Waals surface area contributed by atoms with E-state index >= 15 is 8.78 Å². The van der Waals surface area contributed by atoms with Crippen molar-refractivity contribution in [1.82, 2.24) is 19.8 Å². The number of halogens is 4. The summed E-state index contributed by atoms with van der Waals surface area (Å²) in [7, 11) is 0. The molecule has 2 aromatic heterocycles. The van der Waals surface area contributed by atoms with Crippen molar-refractivity contribution in [3.8, 4) is 23.2 Å². The van der Waals surface area contributed by atoms with Gasteiger partial charge in [-0.3, -0.25) is 15.1 Å². The minimum absolute atomic E-state index is 0.00668. The normalized spacial score (nSPS) is 23.4. The highest BCUT2D eigenvalue weighted by atomic mass is 35.5. The van der Waals surface area contributed by atoms with E-state index in [0.717, 1.165) is 36.8 Å². The Labute approximate surface area is 354 Å². The average Bonchev–Trinajstić information content (AvgIpc) is 3.92. The first-order chi connectivity index (χ1) is 28.3. The van der Waals surface area contributed by atoms with Gasteiger partial charge in [0.2, 0.25) is 0 Å². The van der Waals surface area contributed by atoms with Gasteiger partial charge in [0.05, 0.1) is 39.6 Å². The zero-order chi connectivity index (χ0) is 42.9.